The van der Waals surface area contributed by atoms with Crippen molar-refractivity contribution in [1.82, 2.24) is 0 Å². The summed E-state index contributed by atoms with van der Waals surface area (Å²) in [6.07, 6.45) is 0. The zero-order valence-electron chi connectivity index (χ0n) is 16.4. The summed E-state index contributed by atoms with van der Waals surface area (Å²) >= 11 is 0. The normalized spacial score (nSPS) is 20.3. The standard InChI is InChI=1S/C18H30BFO3Si/c1-16(2,3)24(8,9)21-13-10-11-15(20)14(12-13)19-22-17(4,5)18(6,7)23-19/h10-12H,1-9H3. The Balaban J connectivity index is 2.31. The summed E-state index contributed by atoms with van der Waals surface area (Å²) in [7, 11) is -2.71. The molecule has 1 saturated heterocycles. The molecule has 0 amide bonds. The molecule has 0 aromatic heterocycles. The molecule has 1 aliphatic heterocycles. The zero-order chi connectivity index (χ0) is 18.6. The summed E-state index contributed by atoms with van der Waals surface area (Å²) in [5, 5.41) is 0.0753. The Morgan fingerprint density at radius 1 is 1.04 bits per heavy atom. The van der Waals surface area contributed by atoms with Crippen molar-refractivity contribution in [3.05, 3.63) is 24.0 Å². The molecule has 0 saturated carbocycles. The van der Waals surface area contributed by atoms with Crippen molar-refractivity contribution in [2.24, 2.45) is 0 Å². The van der Waals surface area contributed by atoms with E-state index in [1.165, 1.54) is 6.07 Å². The van der Waals surface area contributed by atoms with Gasteiger partial charge in [0.25, 0.3) is 0 Å². The van der Waals surface area contributed by atoms with Crippen LogP contribution in [-0.4, -0.2) is 26.6 Å². The lowest BCUT2D eigenvalue weighted by Gasteiger charge is -2.36. The first-order valence-electron chi connectivity index (χ1n) is 8.50. The molecule has 1 aromatic carbocycles. The van der Waals surface area contributed by atoms with Gasteiger partial charge >= 0.3 is 7.12 Å². The molecule has 0 atom stereocenters. The Kier molecular flexibility index (Phi) is 4.75. The lowest BCUT2D eigenvalue weighted by Crippen LogP contribution is -2.44. The third-order valence-corrected chi connectivity index (χ3v) is 10.0. The molecule has 1 fully saturated rings. The maximum atomic E-state index is 14.4. The van der Waals surface area contributed by atoms with Crippen LogP contribution < -0.4 is 9.89 Å². The highest BCUT2D eigenvalue weighted by Gasteiger charge is 2.52. The molecular formula is C18H30BFO3Si. The molecule has 1 heterocycles. The van der Waals surface area contributed by atoms with Crippen LogP contribution in [0.1, 0.15) is 48.5 Å². The minimum Gasteiger partial charge on any atom is -0.544 e. The van der Waals surface area contributed by atoms with Crippen molar-refractivity contribution in [3.63, 3.8) is 0 Å². The van der Waals surface area contributed by atoms with Crippen LogP contribution in [0.15, 0.2) is 18.2 Å². The second-order valence-corrected chi connectivity index (χ2v) is 13.9. The summed E-state index contributed by atoms with van der Waals surface area (Å²) in [6, 6.07) is 4.84. The predicted molar refractivity (Wildman–Crippen MR) is 99.9 cm³/mol. The molecule has 0 N–H and O–H groups in total. The smallest absolute Gasteiger partial charge is 0.497 e. The maximum absolute atomic E-state index is 14.4. The van der Waals surface area contributed by atoms with E-state index in [0.717, 1.165) is 0 Å². The van der Waals surface area contributed by atoms with Crippen LogP contribution in [0, 0.1) is 5.82 Å². The molecule has 0 aliphatic carbocycles. The Labute approximate surface area is 147 Å². The Morgan fingerprint density at radius 2 is 1.54 bits per heavy atom. The molecule has 1 aromatic rings. The minimum atomic E-state index is -1.99. The first-order valence-corrected chi connectivity index (χ1v) is 11.4. The van der Waals surface area contributed by atoms with Gasteiger partial charge in [-0.25, -0.2) is 4.39 Å². The molecule has 0 bridgehead atoms. The Bertz CT molecular complexity index is 607. The third kappa shape index (κ3) is 3.56. The fourth-order valence-electron chi connectivity index (χ4n) is 2.18. The third-order valence-electron chi connectivity index (χ3n) is 5.65. The summed E-state index contributed by atoms with van der Waals surface area (Å²) < 4.78 is 32.6. The van der Waals surface area contributed by atoms with Crippen LogP contribution in [0.5, 0.6) is 5.75 Å². The van der Waals surface area contributed by atoms with Gasteiger partial charge in [0.2, 0.25) is 8.32 Å². The fraction of sp³-hybridized carbons (Fsp3) is 0.667. The molecule has 134 valence electrons. The molecule has 0 spiro atoms. The SMILES string of the molecule is CC1(C)OB(c2cc(O[Si](C)(C)C(C)(C)C)ccc2F)OC1(C)C. The van der Waals surface area contributed by atoms with Gasteiger partial charge in [0, 0.05) is 5.46 Å². The van der Waals surface area contributed by atoms with Gasteiger partial charge < -0.3 is 13.7 Å². The largest absolute Gasteiger partial charge is 0.544 e. The van der Waals surface area contributed by atoms with Crippen LogP contribution >= 0.6 is 0 Å². The van der Waals surface area contributed by atoms with Crippen molar-refractivity contribution < 1.29 is 18.1 Å². The van der Waals surface area contributed by atoms with Gasteiger partial charge in [-0.05, 0) is 64.0 Å². The second-order valence-electron chi connectivity index (χ2n) is 9.13. The van der Waals surface area contributed by atoms with E-state index >= 15 is 0 Å². The predicted octanol–water partition coefficient (Wildman–Crippen LogP) is 4.51. The summed E-state index contributed by atoms with van der Waals surface area (Å²) in [6.45, 7) is 18.7. The van der Waals surface area contributed by atoms with E-state index in [1.54, 1.807) is 12.1 Å². The van der Waals surface area contributed by atoms with E-state index < -0.39 is 26.6 Å². The molecule has 3 nitrogen and oxygen atoms in total. The lowest BCUT2D eigenvalue weighted by molar-refractivity contribution is 0.00578. The first-order chi connectivity index (χ1) is 10.7. The van der Waals surface area contributed by atoms with E-state index in [0.29, 0.717) is 11.2 Å². The number of halogens is 1. The summed E-state index contributed by atoms with van der Waals surface area (Å²) in [5.41, 5.74) is -0.606. The number of hydrogen-bond acceptors (Lipinski definition) is 3. The average Bonchev–Trinajstić information content (AvgIpc) is 2.59. The number of benzene rings is 1. The Hall–Kier alpha value is -0.848. The van der Waals surface area contributed by atoms with E-state index in [-0.39, 0.29) is 10.9 Å². The van der Waals surface area contributed by atoms with Gasteiger partial charge in [-0.2, -0.15) is 0 Å². The van der Waals surface area contributed by atoms with E-state index in [1.807, 2.05) is 27.7 Å². The van der Waals surface area contributed by atoms with Crippen LogP contribution in [0.3, 0.4) is 0 Å². The maximum Gasteiger partial charge on any atom is 0.497 e. The number of rotatable bonds is 3. The first kappa shape index (κ1) is 19.5. The Morgan fingerprint density at radius 3 is 2.00 bits per heavy atom. The lowest BCUT2D eigenvalue weighted by atomic mass is 9.78. The van der Waals surface area contributed by atoms with E-state index in [9.17, 15) is 4.39 Å². The van der Waals surface area contributed by atoms with Gasteiger partial charge in [0.05, 0.1) is 11.2 Å². The molecule has 24 heavy (non-hydrogen) atoms. The highest BCUT2D eigenvalue weighted by molar-refractivity contribution is 6.74. The summed E-state index contributed by atoms with van der Waals surface area (Å²) in [4.78, 5) is 0. The van der Waals surface area contributed by atoms with Gasteiger partial charge in [0.1, 0.15) is 11.6 Å². The van der Waals surface area contributed by atoms with Crippen molar-refractivity contribution in [1.29, 1.82) is 0 Å². The quantitative estimate of drug-likeness (QED) is 0.749. The second kappa shape index (κ2) is 5.85. The van der Waals surface area contributed by atoms with E-state index in [2.05, 4.69) is 33.9 Å². The van der Waals surface area contributed by atoms with Crippen LogP contribution in [-0.2, 0) is 9.31 Å². The van der Waals surface area contributed by atoms with Crippen LogP contribution in [0.25, 0.3) is 0 Å². The van der Waals surface area contributed by atoms with E-state index in [4.69, 9.17) is 13.7 Å². The highest BCUT2D eigenvalue weighted by Crippen LogP contribution is 2.38. The van der Waals surface area contributed by atoms with Gasteiger partial charge in [-0.15, -0.1) is 0 Å². The average molecular weight is 352 g/mol. The van der Waals surface area contributed by atoms with Gasteiger partial charge in [-0.1, -0.05) is 20.8 Å². The van der Waals surface area contributed by atoms with Gasteiger partial charge in [0.15, 0.2) is 0 Å². The molecular weight excluding hydrogens is 322 g/mol. The summed E-state index contributed by atoms with van der Waals surface area (Å²) in [5.74, 6) is 0.337. The zero-order valence-corrected chi connectivity index (χ0v) is 17.4. The van der Waals surface area contributed by atoms with Crippen molar-refractivity contribution >= 4 is 20.9 Å². The fourth-order valence-corrected chi connectivity index (χ4v) is 3.21. The topological polar surface area (TPSA) is 27.7 Å². The van der Waals surface area contributed by atoms with Crippen molar-refractivity contribution in [2.45, 2.75) is 77.8 Å². The molecule has 2 rings (SSSR count). The van der Waals surface area contributed by atoms with Crippen LogP contribution in [0.2, 0.25) is 18.1 Å². The van der Waals surface area contributed by atoms with Gasteiger partial charge in [-0.3, -0.25) is 0 Å². The van der Waals surface area contributed by atoms with Crippen molar-refractivity contribution in [3.8, 4) is 5.75 Å². The van der Waals surface area contributed by atoms with Crippen molar-refractivity contribution in [2.75, 3.05) is 0 Å². The number of hydrogen-bond donors (Lipinski definition) is 0. The van der Waals surface area contributed by atoms with Crippen LogP contribution in [0.4, 0.5) is 4.39 Å². The molecule has 6 heteroatoms. The highest BCUT2D eigenvalue weighted by atomic mass is 28.4. The molecule has 0 radical (unpaired) electrons. The monoisotopic (exact) mass is 352 g/mol. The molecule has 0 unspecified atom stereocenters. The minimum absolute atomic E-state index is 0.0753. The molecule has 1 aliphatic rings.